The first kappa shape index (κ1) is 11.9. The molecule has 17 heavy (non-hydrogen) atoms. The second-order valence-corrected chi connectivity index (χ2v) is 4.81. The molecule has 0 aliphatic heterocycles. The van der Waals surface area contributed by atoms with Crippen LogP contribution in [-0.2, 0) is 6.42 Å². The summed E-state index contributed by atoms with van der Waals surface area (Å²) in [6, 6.07) is 3.82. The maximum Gasteiger partial charge on any atom is 0.251 e. The van der Waals surface area contributed by atoms with Crippen molar-refractivity contribution in [1.82, 2.24) is 10.3 Å². The molecule has 2 rings (SSSR count). The molecule has 1 saturated carbocycles. The van der Waals surface area contributed by atoms with Crippen molar-refractivity contribution < 1.29 is 4.79 Å². The molecule has 1 heterocycles. The third kappa shape index (κ3) is 2.96. The predicted octanol–water partition coefficient (Wildman–Crippen LogP) is 1.75. The molecule has 0 bridgehead atoms. The standard InChI is InChI=1S/C13H19N3O/c1-3-4-10-6-9(7-12(14)15-10)13(17)16-11-5-8(11)2/h6-8,11H,3-5H2,1-2H3,(H2,14,15)(H,16,17). The normalized spacial score (nSPS) is 22.2. The summed E-state index contributed by atoms with van der Waals surface area (Å²) < 4.78 is 0. The van der Waals surface area contributed by atoms with Crippen LogP contribution in [0.3, 0.4) is 0 Å². The van der Waals surface area contributed by atoms with Crippen LogP contribution in [0.2, 0.25) is 0 Å². The molecule has 3 N–H and O–H groups in total. The summed E-state index contributed by atoms with van der Waals surface area (Å²) in [5, 5.41) is 2.99. The summed E-state index contributed by atoms with van der Waals surface area (Å²) in [5.41, 5.74) is 7.23. The maximum atomic E-state index is 12.0. The van der Waals surface area contributed by atoms with Gasteiger partial charge in [-0.2, -0.15) is 0 Å². The van der Waals surface area contributed by atoms with Gasteiger partial charge in [-0.1, -0.05) is 20.3 Å². The molecular formula is C13H19N3O. The lowest BCUT2D eigenvalue weighted by Gasteiger charge is -2.07. The second-order valence-electron chi connectivity index (χ2n) is 4.81. The molecule has 1 aliphatic rings. The number of nitrogens with two attached hydrogens (primary N) is 1. The van der Waals surface area contributed by atoms with E-state index < -0.39 is 0 Å². The highest BCUT2D eigenvalue weighted by atomic mass is 16.1. The minimum absolute atomic E-state index is 0.0363. The quantitative estimate of drug-likeness (QED) is 0.832. The van der Waals surface area contributed by atoms with E-state index in [1.165, 1.54) is 0 Å². The summed E-state index contributed by atoms with van der Waals surface area (Å²) >= 11 is 0. The molecule has 0 aromatic carbocycles. The number of hydrogen-bond acceptors (Lipinski definition) is 3. The van der Waals surface area contributed by atoms with E-state index in [2.05, 4.69) is 24.1 Å². The average molecular weight is 233 g/mol. The third-order valence-corrected chi connectivity index (χ3v) is 3.09. The van der Waals surface area contributed by atoms with Crippen molar-refractivity contribution in [3.8, 4) is 0 Å². The number of nitrogens with one attached hydrogen (secondary N) is 1. The number of pyridine rings is 1. The molecule has 1 aromatic heterocycles. The van der Waals surface area contributed by atoms with E-state index in [0.29, 0.717) is 23.3 Å². The molecule has 2 atom stereocenters. The second kappa shape index (κ2) is 4.73. The van der Waals surface area contributed by atoms with Crippen molar-refractivity contribution in [2.75, 3.05) is 5.73 Å². The van der Waals surface area contributed by atoms with Crippen LogP contribution in [0.5, 0.6) is 0 Å². The smallest absolute Gasteiger partial charge is 0.251 e. The molecule has 0 spiro atoms. The Bertz CT molecular complexity index is 431. The van der Waals surface area contributed by atoms with Crippen molar-refractivity contribution in [3.05, 3.63) is 23.4 Å². The van der Waals surface area contributed by atoms with Gasteiger partial charge in [0.2, 0.25) is 0 Å². The SMILES string of the molecule is CCCc1cc(C(=O)NC2CC2C)cc(N)n1. The highest BCUT2D eigenvalue weighted by molar-refractivity contribution is 5.95. The zero-order valence-electron chi connectivity index (χ0n) is 10.4. The minimum atomic E-state index is -0.0363. The lowest BCUT2D eigenvalue weighted by atomic mass is 10.1. The van der Waals surface area contributed by atoms with Crippen LogP contribution < -0.4 is 11.1 Å². The summed E-state index contributed by atoms with van der Waals surface area (Å²) in [6.07, 6.45) is 2.93. The van der Waals surface area contributed by atoms with Crippen LogP contribution in [0.25, 0.3) is 0 Å². The highest BCUT2D eigenvalue weighted by Gasteiger charge is 2.34. The first-order chi connectivity index (χ1) is 8.10. The number of carbonyl (C=O) groups is 1. The molecular weight excluding hydrogens is 214 g/mol. The fourth-order valence-corrected chi connectivity index (χ4v) is 1.90. The zero-order chi connectivity index (χ0) is 12.4. The lowest BCUT2D eigenvalue weighted by molar-refractivity contribution is 0.0949. The first-order valence-corrected chi connectivity index (χ1v) is 6.17. The summed E-state index contributed by atoms with van der Waals surface area (Å²) in [4.78, 5) is 16.2. The Labute approximate surface area is 102 Å². The molecule has 4 nitrogen and oxygen atoms in total. The Hall–Kier alpha value is -1.58. The predicted molar refractivity (Wildman–Crippen MR) is 67.7 cm³/mol. The van der Waals surface area contributed by atoms with Crippen molar-refractivity contribution in [2.24, 2.45) is 5.92 Å². The highest BCUT2D eigenvalue weighted by Crippen LogP contribution is 2.29. The monoisotopic (exact) mass is 233 g/mol. The van der Waals surface area contributed by atoms with E-state index in [4.69, 9.17) is 5.73 Å². The minimum Gasteiger partial charge on any atom is -0.384 e. The van der Waals surface area contributed by atoms with Gasteiger partial charge in [-0.05, 0) is 30.9 Å². The van der Waals surface area contributed by atoms with Crippen LogP contribution in [0, 0.1) is 5.92 Å². The maximum absolute atomic E-state index is 12.0. The van der Waals surface area contributed by atoms with E-state index in [-0.39, 0.29) is 5.91 Å². The number of hydrogen-bond donors (Lipinski definition) is 2. The Morgan fingerprint density at radius 3 is 2.88 bits per heavy atom. The first-order valence-electron chi connectivity index (χ1n) is 6.17. The van der Waals surface area contributed by atoms with Gasteiger partial charge in [-0.25, -0.2) is 4.98 Å². The van der Waals surface area contributed by atoms with Gasteiger partial charge in [0, 0.05) is 17.3 Å². The topological polar surface area (TPSA) is 68.0 Å². The molecule has 4 heteroatoms. The lowest BCUT2D eigenvalue weighted by Crippen LogP contribution is -2.26. The molecule has 1 amide bonds. The number of rotatable bonds is 4. The molecule has 0 radical (unpaired) electrons. The molecule has 0 saturated heterocycles. The molecule has 1 aromatic rings. The number of nitrogens with zero attached hydrogens (tertiary/aromatic N) is 1. The zero-order valence-corrected chi connectivity index (χ0v) is 10.4. The van der Waals surface area contributed by atoms with Crippen molar-refractivity contribution in [3.63, 3.8) is 0 Å². The van der Waals surface area contributed by atoms with Gasteiger partial charge in [-0.15, -0.1) is 0 Å². The van der Waals surface area contributed by atoms with Crippen LogP contribution in [0.15, 0.2) is 12.1 Å². The van der Waals surface area contributed by atoms with Crippen LogP contribution in [0.1, 0.15) is 42.7 Å². The van der Waals surface area contributed by atoms with Crippen molar-refractivity contribution in [2.45, 2.75) is 39.2 Å². The molecule has 2 unspecified atom stereocenters. The van der Waals surface area contributed by atoms with E-state index in [9.17, 15) is 4.79 Å². The van der Waals surface area contributed by atoms with Gasteiger partial charge in [0.25, 0.3) is 5.91 Å². The number of aromatic nitrogens is 1. The fourth-order valence-electron chi connectivity index (χ4n) is 1.90. The number of nitrogen functional groups attached to an aromatic ring is 1. The van der Waals surface area contributed by atoms with Gasteiger partial charge in [-0.3, -0.25) is 4.79 Å². The summed E-state index contributed by atoms with van der Waals surface area (Å²) in [7, 11) is 0. The van der Waals surface area contributed by atoms with Gasteiger partial charge >= 0.3 is 0 Å². The largest absolute Gasteiger partial charge is 0.384 e. The Kier molecular flexibility index (Phi) is 3.31. The van der Waals surface area contributed by atoms with Crippen LogP contribution in [0.4, 0.5) is 5.82 Å². The number of amides is 1. The Balaban J connectivity index is 2.10. The summed E-state index contributed by atoms with van der Waals surface area (Å²) in [5.74, 6) is 0.990. The summed E-state index contributed by atoms with van der Waals surface area (Å²) in [6.45, 7) is 4.21. The molecule has 1 fully saturated rings. The fraction of sp³-hybridized carbons (Fsp3) is 0.538. The van der Waals surface area contributed by atoms with Crippen LogP contribution >= 0.6 is 0 Å². The Morgan fingerprint density at radius 2 is 2.29 bits per heavy atom. The van der Waals surface area contributed by atoms with Gasteiger partial charge < -0.3 is 11.1 Å². The van der Waals surface area contributed by atoms with E-state index >= 15 is 0 Å². The average Bonchev–Trinajstić information content (AvgIpc) is 2.93. The van der Waals surface area contributed by atoms with E-state index in [1.807, 2.05) is 6.07 Å². The molecule has 1 aliphatic carbocycles. The van der Waals surface area contributed by atoms with Crippen molar-refractivity contribution in [1.29, 1.82) is 0 Å². The van der Waals surface area contributed by atoms with Crippen molar-refractivity contribution >= 4 is 11.7 Å². The number of anilines is 1. The van der Waals surface area contributed by atoms with E-state index in [0.717, 1.165) is 25.0 Å². The number of carbonyl (C=O) groups excluding carboxylic acids is 1. The number of aryl methyl sites for hydroxylation is 1. The van der Waals surface area contributed by atoms with E-state index in [1.54, 1.807) is 6.07 Å². The molecule has 92 valence electrons. The van der Waals surface area contributed by atoms with Gasteiger partial charge in [0.1, 0.15) is 5.82 Å². The Morgan fingerprint density at radius 1 is 1.59 bits per heavy atom. The third-order valence-electron chi connectivity index (χ3n) is 3.09. The van der Waals surface area contributed by atoms with Gasteiger partial charge in [0.05, 0.1) is 0 Å². The van der Waals surface area contributed by atoms with Crippen LogP contribution in [-0.4, -0.2) is 16.9 Å². The van der Waals surface area contributed by atoms with Gasteiger partial charge in [0.15, 0.2) is 0 Å².